The molecule has 0 saturated heterocycles. The van der Waals surface area contributed by atoms with Crippen LogP contribution in [0.15, 0.2) is 16.0 Å². The van der Waals surface area contributed by atoms with Gasteiger partial charge in [0.25, 0.3) is 0 Å². The number of rotatable bonds is 2. The standard InChI is InChI=1S/C4H7IN2.C2H6/c1-3-7(2)4-6-5;1-2/h3-4H,1H2,2H3;1-2H3/b6-4-;. The second-order valence-corrected chi connectivity index (χ2v) is 1.62. The molecule has 0 atom stereocenters. The highest BCUT2D eigenvalue weighted by Crippen LogP contribution is 1.81. The Kier molecular flexibility index (Phi) is 14.1. The summed E-state index contributed by atoms with van der Waals surface area (Å²) < 4.78 is 3.71. The predicted octanol–water partition coefficient (Wildman–Crippen LogP) is 2.47. The van der Waals surface area contributed by atoms with Crippen molar-refractivity contribution in [1.82, 2.24) is 4.90 Å². The molecule has 0 aliphatic heterocycles. The number of halogens is 1. The van der Waals surface area contributed by atoms with Crippen molar-refractivity contribution >= 4 is 29.2 Å². The lowest BCUT2D eigenvalue weighted by Gasteiger charge is -2.00. The molecule has 2 nitrogen and oxygen atoms in total. The first kappa shape index (κ1) is 11.7. The van der Waals surface area contributed by atoms with E-state index in [1.807, 2.05) is 43.8 Å². The van der Waals surface area contributed by atoms with Crippen LogP contribution in [0.5, 0.6) is 0 Å². The van der Waals surface area contributed by atoms with Gasteiger partial charge in [0.1, 0.15) is 6.34 Å². The van der Waals surface area contributed by atoms with E-state index in [0.717, 1.165) is 0 Å². The van der Waals surface area contributed by atoms with Crippen molar-refractivity contribution in [2.75, 3.05) is 7.05 Å². The fraction of sp³-hybridized carbons (Fsp3) is 0.500. The quantitative estimate of drug-likeness (QED) is 0.411. The molecule has 0 N–H and O–H groups in total. The minimum Gasteiger partial charge on any atom is -0.342 e. The molecule has 3 heteroatoms. The number of hydrogen-bond donors (Lipinski definition) is 0. The fourth-order valence-corrected chi connectivity index (χ4v) is 0.509. The molecule has 0 aromatic heterocycles. The van der Waals surface area contributed by atoms with Crippen molar-refractivity contribution in [1.29, 1.82) is 0 Å². The molecule has 9 heavy (non-hydrogen) atoms. The van der Waals surface area contributed by atoms with Crippen molar-refractivity contribution < 1.29 is 0 Å². The zero-order valence-electron chi connectivity index (χ0n) is 6.13. The smallest absolute Gasteiger partial charge is 0.101 e. The summed E-state index contributed by atoms with van der Waals surface area (Å²) in [6.45, 7) is 7.51. The maximum Gasteiger partial charge on any atom is 0.101 e. The van der Waals surface area contributed by atoms with Gasteiger partial charge in [0, 0.05) is 7.05 Å². The second kappa shape index (κ2) is 10.8. The van der Waals surface area contributed by atoms with E-state index in [0.29, 0.717) is 0 Å². The molecule has 0 heterocycles. The van der Waals surface area contributed by atoms with Gasteiger partial charge in [0.05, 0.1) is 22.9 Å². The molecule has 0 aromatic carbocycles. The summed E-state index contributed by atoms with van der Waals surface area (Å²) in [5.74, 6) is 0. The van der Waals surface area contributed by atoms with Crippen LogP contribution in [0.2, 0.25) is 0 Å². The first-order chi connectivity index (χ1) is 4.31. The SMILES string of the molecule is C=CN(C)/C=N\I.CC. The minimum absolute atomic E-state index is 1.67. The molecule has 0 radical (unpaired) electrons. The monoisotopic (exact) mass is 240 g/mol. The molecular formula is C6H13IN2. The highest BCUT2D eigenvalue weighted by molar-refractivity contribution is 14.1. The summed E-state index contributed by atoms with van der Waals surface area (Å²) in [6.07, 6.45) is 3.36. The van der Waals surface area contributed by atoms with Crippen LogP contribution in [0.25, 0.3) is 0 Å². The Hall–Kier alpha value is -0.0600. The van der Waals surface area contributed by atoms with Crippen molar-refractivity contribution in [3.05, 3.63) is 12.8 Å². The lowest BCUT2D eigenvalue weighted by molar-refractivity contribution is 0.716. The third-order valence-corrected chi connectivity index (χ3v) is 0.763. The van der Waals surface area contributed by atoms with Gasteiger partial charge in [-0.1, -0.05) is 20.4 Å². The van der Waals surface area contributed by atoms with Crippen LogP contribution in [-0.4, -0.2) is 18.3 Å². The molecule has 0 aliphatic carbocycles. The molecule has 0 fully saturated rings. The van der Waals surface area contributed by atoms with E-state index in [1.165, 1.54) is 0 Å². The fourth-order valence-electron chi connectivity index (χ4n) is 0.116. The van der Waals surface area contributed by atoms with E-state index < -0.39 is 0 Å². The Balaban J connectivity index is 0. The normalized spacial score (nSPS) is 8.00. The molecule has 0 aliphatic rings. The summed E-state index contributed by atoms with van der Waals surface area (Å²) in [5.41, 5.74) is 0. The molecule has 0 unspecified atom stereocenters. The van der Waals surface area contributed by atoms with Gasteiger partial charge < -0.3 is 4.90 Å². The Morgan fingerprint density at radius 2 is 2.00 bits per heavy atom. The summed E-state index contributed by atoms with van der Waals surface area (Å²) >= 11 is 1.91. The average molecular weight is 240 g/mol. The highest BCUT2D eigenvalue weighted by atomic mass is 127. The van der Waals surface area contributed by atoms with Crippen LogP contribution in [0, 0.1) is 0 Å². The third-order valence-electron chi connectivity index (χ3n) is 0.514. The maximum absolute atomic E-state index is 3.71. The molecule has 0 aromatic rings. The van der Waals surface area contributed by atoms with Gasteiger partial charge in [-0.15, -0.1) is 0 Å². The highest BCUT2D eigenvalue weighted by Gasteiger charge is 1.73. The molecule has 0 rings (SSSR count). The van der Waals surface area contributed by atoms with Gasteiger partial charge in [0.2, 0.25) is 0 Å². The topological polar surface area (TPSA) is 15.6 Å². The van der Waals surface area contributed by atoms with E-state index in [1.54, 1.807) is 17.4 Å². The third kappa shape index (κ3) is 11.5. The van der Waals surface area contributed by atoms with Crippen molar-refractivity contribution in [3.63, 3.8) is 0 Å². The molecule has 0 saturated carbocycles. The van der Waals surface area contributed by atoms with E-state index in [2.05, 4.69) is 9.78 Å². The van der Waals surface area contributed by atoms with Crippen LogP contribution < -0.4 is 0 Å². The van der Waals surface area contributed by atoms with Gasteiger partial charge in [-0.05, 0) is 6.20 Å². The second-order valence-electron chi connectivity index (χ2n) is 1.06. The molecule has 0 bridgehead atoms. The Morgan fingerprint density at radius 1 is 1.56 bits per heavy atom. The lowest BCUT2D eigenvalue weighted by atomic mass is 10.8. The predicted molar refractivity (Wildman–Crippen MR) is 51.8 cm³/mol. The van der Waals surface area contributed by atoms with Crippen molar-refractivity contribution in [3.8, 4) is 0 Å². The molecule has 0 amide bonds. The van der Waals surface area contributed by atoms with Crippen LogP contribution in [0.3, 0.4) is 0 Å². The summed E-state index contributed by atoms with van der Waals surface area (Å²) in [4.78, 5) is 1.77. The molecular weight excluding hydrogens is 227 g/mol. The first-order valence-electron chi connectivity index (χ1n) is 2.80. The molecule has 0 spiro atoms. The Bertz CT molecular complexity index is 81.1. The van der Waals surface area contributed by atoms with Crippen LogP contribution in [0.4, 0.5) is 0 Å². The minimum atomic E-state index is 1.67. The number of hydrogen-bond acceptors (Lipinski definition) is 1. The van der Waals surface area contributed by atoms with Crippen LogP contribution in [-0.2, 0) is 0 Å². The zero-order valence-corrected chi connectivity index (χ0v) is 8.29. The van der Waals surface area contributed by atoms with E-state index in [4.69, 9.17) is 0 Å². The van der Waals surface area contributed by atoms with Gasteiger partial charge in [-0.2, -0.15) is 0 Å². The zero-order chi connectivity index (χ0) is 7.70. The largest absolute Gasteiger partial charge is 0.342 e. The van der Waals surface area contributed by atoms with Crippen molar-refractivity contribution in [2.45, 2.75) is 13.8 Å². The first-order valence-corrected chi connectivity index (χ1v) is 3.76. The Labute approximate surface area is 71.2 Å². The van der Waals surface area contributed by atoms with E-state index in [-0.39, 0.29) is 0 Å². The number of nitrogens with zero attached hydrogens (tertiary/aromatic N) is 2. The molecule has 54 valence electrons. The summed E-state index contributed by atoms with van der Waals surface area (Å²) in [6, 6.07) is 0. The summed E-state index contributed by atoms with van der Waals surface area (Å²) in [7, 11) is 1.87. The van der Waals surface area contributed by atoms with E-state index >= 15 is 0 Å². The van der Waals surface area contributed by atoms with Crippen molar-refractivity contribution in [2.24, 2.45) is 3.21 Å². The van der Waals surface area contributed by atoms with E-state index in [9.17, 15) is 0 Å². The lowest BCUT2D eigenvalue weighted by Crippen LogP contribution is -2.04. The van der Waals surface area contributed by atoms with Gasteiger partial charge in [0.15, 0.2) is 0 Å². The average Bonchev–Trinajstić information content (AvgIpc) is 1.93. The maximum atomic E-state index is 3.71. The summed E-state index contributed by atoms with van der Waals surface area (Å²) in [5, 5.41) is 0. The van der Waals surface area contributed by atoms with Gasteiger partial charge in [-0.25, -0.2) is 3.21 Å². The van der Waals surface area contributed by atoms with Crippen LogP contribution in [0.1, 0.15) is 13.8 Å². The Morgan fingerprint density at radius 3 is 2.11 bits per heavy atom. The van der Waals surface area contributed by atoms with Gasteiger partial charge >= 0.3 is 0 Å². The van der Waals surface area contributed by atoms with Crippen LogP contribution >= 0.6 is 22.9 Å². The van der Waals surface area contributed by atoms with Gasteiger partial charge in [-0.3, -0.25) is 0 Å².